The van der Waals surface area contributed by atoms with Gasteiger partial charge in [-0.25, -0.2) is 12.8 Å². The van der Waals surface area contributed by atoms with E-state index in [1.807, 2.05) is 4.72 Å². The molecule has 9 heteroatoms. The van der Waals surface area contributed by atoms with Gasteiger partial charge in [-0.1, -0.05) is 37.0 Å². The Morgan fingerprint density at radius 2 is 1.95 bits per heavy atom. The molecule has 0 radical (unpaired) electrons. The number of rotatable bonds is 6. The first kappa shape index (κ1) is 18.2. The van der Waals surface area contributed by atoms with Gasteiger partial charge in [0.1, 0.15) is 10.9 Å². The van der Waals surface area contributed by atoms with Crippen LogP contribution in [0.3, 0.4) is 0 Å². The second-order valence-corrected chi connectivity index (χ2v) is 7.28. The van der Waals surface area contributed by atoms with Gasteiger partial charge in [-0.2, -0.15) is 4.72 Å². The molecule has 118 valence electrons. The summed E-state index contributed by atoms with van der Waals surface area (Å²) in [4.78, 5) is 10.5. The van der Waals surface area contributed by atoms with E-state index in [4.69, 9.17) is 28.3 Å². The van der Waals surface area contributed by atoms with Crippen molar-refractivity contribution in [2.75, 3.05) is 0 Å². The number of sulfonamides is 1. The van der Waals surface area contributed by atoms with Crippen LogP contribution in [0.15, 0.2) is 17.0 Å². The van der Waals surface area contributed by atoms with Gasteiger partial charge in [0.05, 0.1) is 10.0 Å². The van der Waals surface area contributed by atoms with Crippen molar-refractivity contribution in [3.8, 4) is 0 Å². The molecule has 0 saturated heterocycles. The fourth-order valence-corrected chi connectivity index (χ4v) is 3.58. The zero-order valence-electron chi connectivity index (χ0n) is 11.2. The SMILES string of the molecule is CC(C)CC(NS(=O)(=O)c1ccc(Cl)c(F)c1Cl)C(=O)O. The molecule has 0 amide bonds. The average Bonchev–Trinajstić information content (AvgIpc) is 2.33. The highest BCUT2D eigenvalue weighted by Gasteiger charge is 2.28. The largest absolute Gasteiger partial charge is 0.480 e. The minimum Gasteiger partial charge on any atom is -0.480 e. The molecule has 0 aromatic heterocycles. The smallest absolute Gasteiger partial charge is 0.321 e. The maximum absolute atomic E-state index is 13.6. The summed E-state index contributed by atoms with van der Waals surface area (Å²) < 4.78 is 39.9. The summed E-state index contributed by atoms with van der Waals surface area (Å²) >= 11 is 11.1. The van der Waals surface area contributed by atoms with Crippen LogP contribution < -0.4 is 4.72 Å². The normalized spacial score (nSPS) is 13.4. The molecule has 0 heterocycles. The van der Waals surface area contributed by atoms with Crippen LogP contribution in [0.4, 0.5) is 4.39 Å². The van der Waals surface area contributed by atoms with Gasteiger partial charge >= 0.3 is 5.97 Å². The quantitative estimate of drug-likeness (QED) is 0.766. The highest BCUT2D eigenvalue weighted by Crippen LogP contribution is 2.29. The summed E-state index contributed by atoms with van der Waals surface area (Å²) in [6.07, 6.45) is 0.0856. The fourth-order valence-electron chi connectivity index (χ4n) is 1.64. The molecule has 1 atom stereocenters. The number of halogens is 3. The fraction of sp³-hybridized carbons (Fsp3) is 0.417. The Morgan fingerprint density at radius 3 is 2.43 bits per heavy atom. The second kappa shape index (κ2) is 6.91. The van der Waals surface area contributed by atoms with Crippen molar-refractivity contribution in [1.82, 2.24) is 4.72 Å². The van der Waals surface area contributed by atoms with Gasteiger partial charge in [-0.15, -0.1) is 0 Å². The van der Waals surface area contributed by atoms with Crippen molar-refractivity contribution in [3.05, 3.63) is 28.0 Å². The molecule has 2 N–H and O–H groups in total. The van der Waals surface area contributed by atoms with Crippen LogP contribution in [-0.4, -0.2) is 25.5 Å². The van der Waals surface area contributed by atoms with E-state index in [2.05, 4.69) is 0 Å². The Morgan fingerprint density at radius 1 is 1.38 bits per heavy atom. The Kier molecular flexibility index (Phi) is 5.98. The molecule has 0 saturated carbocycles. The van der Waals surface area contributed by atoms with Crippen LogP contribution in [0, 0.1) is 11.7 Å². The van der Waals surface area contributed by atoms with Crippen molar-refractivity contribution in [1.29, 1.82) is 0 Å². The zero-order chi connectivity index (χ0) is 16.4. The van der Waals surface area contributed by atoms with E-state index in [0.29, 0.717) is 0 Å². The first-order valence-corrected chi connectivity index (χ1v) is 8.18. The first-order chi connectivity index (χ1) is 9.56. The third-order valence-electron chi connectivity index (χ3n) is 2.59. The van der Waals surface area contributed by atoms with E-state index in [9.17, 15) is 17.6 Å². The third kappa shape index (κ3) is 4.54. The number of nitrogens with one attached hydrogen (secondary N) is 1. The van der Waals surface area contributed by atoms with Gasteiger partial charge in [-0.3, -0.25) is 4.79 Å². The van der Waals surface area contributed by atoms with E-state index in [1.54, 1.807) is 13.8 Å². The van der Waals surface area contributed by atoms with Gasteiger partial charge in [0.2, 0.25) is 10.0 Å². The summed E-state index contributed by atoms with van der Waals surface area (Å²) in [5, 5.41) is 8.04. The lowest BCUT2D eigenvalue weighted by molar-refractivity contribution is -0.139. The Balaban J connectivity index is 3.17. The maximum atomic E-state index is 13.6. The Bertz CT molecular complexity index is 649. The number of aliphatic carboxylic acids is 1. The van der Waals surface area contributed by atoms with Crippen molar-refractivity contribution in [2.45, 2.75) is 31.2 Å². The van der Waals surface area contributed by atoms with E-state index >= 15 is 0 Å². The highest BCUT2D eigenvalue weighted by atomic mass is 35.5. The van der Waals surface area contributed by atoms with E-state index < -0.39 is 37.8 Å². The lowest BCUT2D eigenvalue weighted by atomic mass is 10.1. The predicted molar refractivity (Wildman–Crippen MR) is 77.6 cm³/mol. The Hall–Kier alpha value is -0.890. The van der Waals surface area contributed by atoms with Crippen LogP contribution in [0.2, 0.25) is 10.0 Å². The number of carboxylic acid groups (broad SMARTS) is 1. The monoisotopic (exact) mass is 357 g/mol. The average molecular weight is 358 g/mol. The molecular formula is C12H14Cl2FNO4S. The summed E-state index contributed by atoms with van der Waals surface area (Å²) in [5.41, 5.74) is 0. The van der Waals surface area contributed by atoms with Crippen molar-refractivity contribution in [2.24, 2.45) is 5.92 Å². The minimum atomic E-state index is -4.28. The van der Waals surface area contributed by atoms with Gasteiger partial charge < -0.3 is 5.11 Å². The summed E-state index contributed by atoms with van der Waals surface area (Å²) in [5.74, 6) is -2.44. The summed E-state index contributed by atoms with van der Waals surface area (Å²) in [6, 6.07) is 0.727. The second-order valence-electron chi connectivity index (χ2n) is 4.82. The molecule has 0 aliphatic carbocycles. The van der Waals surface area contributed by atoms with Gasteiger partial charge in [0.15, 0.2) is 5.82 Å². The molecule has 5 nitrogen and oxygen atoms in total. The van der Waals surface area contributed by atoms with E-state index in [0.717, 1.165) is 12.1 Å². The highest BCUT2D eigenvalue weighted by molar-refractivity contribution is 7.89. The van der Waals surface area contributed by atoms with Gasteiger partial charge in [-0.05, 0) is 24.5 Å². The Labute approximate surface area is 132 Å². The lowest BCUT2D eigenvalue weighted by Gasteiger charge is -2.17. The molecule has 1 unspecified atom stereocenters. The van der Waals surface area contributed by atoms with Crippen molar-refractivity contribution in [3.63, 3.8) is 0 Å². The number of hydrogen-bond acceptors (Lipinski definition) is 3. The van der Waals surface area contributed by atoms with Crippen LogP contribution >= 0.6 is 23.2 Å². The number of carbonyl (C=O) groups is 1. The maximum Gasteiger partial charge on any atom is 0.321 e. The molecule has 1 aromatic rings. The summed E-state index contributed by atoms with van der Waals surface area (Å²) in [7, 11) is -4.28. The van der Waals surface area contributed by atoms with Gasteiger partial charge in [0.25, 0.3) is 0 Å². The third-order valence-corrected chi connectivity index (χ3v) is 4.88. The standard InChI is InChI=1S/C12H14Cl2FNO4S/c1-6(2)5-8(12(17)18)16-21(19,20)9-4-3-7(13)11(15)10(9)14/h3-4,6,8,16H,5H2,1-2H3,(H,17,18). The summed E-state index contributed by atoms with van der Waals surface area (Å²) in [6.45, 7) is 3.50. The molecule has 1 rings (SSSR count). The van der Waals surface area contributed by atoms with Gasteiger partial charge in [0, 0.05) is 0 Å². The molecule has 0 spiro atoms. The van der Waals surface area contributed by atoms with Crippen molar-refractivity contribution >= 4 is 39.2 Å². The van der Waals surface area contributed by atoms with Crippen molar-refractivity contribution < 1.29 is 22.7 Å². The van der Waals surface area contributed by atoms with Crippen LogP contribution in [-0.2, 0) is 14.8 Å². The van der Waals surface area contributed by atoms with E-state index in [1.165, 1.54) is 0 Å². The number of benzene rings is 1. The van der Waals surface area contributed by atoms with Crippen LogP contribution in [0.5, 0.6) is 0 Å². The van der Waals surface area contributed by atoms with Crippen LogP contribution in [0.1, 0.15) is 20.3 Å². The molecule has 0 aliphatic heterocycles. The topological polar surface area (TPSA) is 83.5 Å². The van der Waals surface area contributed by atoms with Crippen LogP contribution in [0.25, 0.3) is 0 Å². The number of hydrogen-bond donors (Lipinski definition) is 2. The lowest BCUT2D eigenvalue weighted by Crippen LogP contribution is -2.41. The molecule has 0 bridgehead atoms. The molecule has 21 heavy (non-hydrogen) atoms. The van der Waals surface area contributed by atoms with E-state index in [-0.39, 0.29) is 17.4 Å². The molecule has 0 aliphatic rings. The molecular weight excluding hydrogens is 344 g/mol. The zero-order valence-corrected chi connectivity index (χ0v) is 13.6. The molecule has 1 aromatic carbocycles. The predicted octanol–water partition coefficient (Wildman–Crippen LogP) is 2.91. The minimum absolute atomic E-state index is 0.0498. The number of carboxylic acids is 1. The first-order valence-electron chi connectivity index (χ1n) is 5.95. The molecule has 0 fully saturated rings.